The molecule has 16 nitrogen and oxygen atoms in total. The molecule has 6 rings (SSSR count). The number of nitrogens with one attached hydrogen (secondary N) is 3. The Labute approximate surface area is 268 Å². The maximum Gasteiger partial charge on any atom is 0.326 e. The van der Waals surface area contributed by atoms with Gasteiger partial charge in [-0.3, -0.25) is 14.7 Å². The number of rotatable bonds is 8. The fraction of sp³-hybridized carbons (Fsp3) is 0.296. The van der Waals surface area contributed by atoms with Crippen LogP contribution in [0.3, 0.4) is 0 Å². The van der Waals surface area contributed by atoms with Crippen molar-refractivity contribution in [3.05, 3.63) is 75.3 Å². The third-order valence-electron chi connectivity index (χ3n) is 7.01. The molecule has 0 unspecified atom stereocenters. The second-order valence-electron chi connectivity index (χ2n) is 10.4. The minimum atomic E-state index is -3.92. The van der Waals surface area contributed by atoms with E-state index in [1.54, 1.807) is 23.5 Å². The number of anilines is 2. The van der Waals surface area contributed by atoms with E-state index in [9.17, 15) is 36.6 Å². The minimum Gasteiger partial charge on any atom is -0.506 e. The van der Waals surface area contributed by atoms with E-state index in [2.05, 4.69) is 20.2 Å². The summed E-state index contributed by atoms with van der Waals surface area (Å²) in [4.78, 5) is 32.1. The zero-order valence-corrected chi connectivity index (χ0v) is 27.0. The van der Waals surface area contributed by atoms with Crippen LogP contribution in [0.5, 0.6) is 11.5 Å². The summed E-state index contributed by atoms with van der Waals surface area (Å²) < 4.78 is 52.6. The van der Waals surface area contributed by atoms with Crippen LogP contribution < -0.4 is 18.1 Å². The maximum atomic E-state index is 11.8. The van der Waals surface area contributed by atoms with E-state index in [-0.39, 0.29) is 36.0 Å². The molecule has 0 atom stereocenters. The molecule has 2 aromatic heterocycles. The molecule has 244 valence electrons. The average Bonchev–Trinajstić information content (AvgIpc) is 3.73. The van der Waals surface area contributed by atoms with Gasteiger partial charge in [0.1, 0.15) is 36.7 Å². The molecule has 5 N–H and O–H groups in total. The summed E-state index contributed by atoms with van der Waals surface area (Å²) in [5.41, 5.74) is 2.89. The van der Waals surface area contributed by atoms with Crippen LogP contribution in [0.25, 0.3) is 0 Å². The molecule has 2 fully saturated rings. The Morgan fingerprint density at radius 1 is 0.804 bits per heavy atom. The number of carbonyl (C=O) groups excluding carboxylic acids is 2. The summed E-state index contributed by atoms with van der Waals surface area (Å²) in [5, 5.41) is 27.7. The Hall–Kier alpha value is -4.75. The van der Waals surface area contributed by atoms with Gasteiger partial charge in [0.2, 0.25) is 0 Å². The Kier molecular flexibility index (Phi) is 9.17. The van der Waals surface area contributed by atoms with Gasteiger partial charge in [-0.2, -0.15) is 21.9 Å². The van der Waals surface area contributed by atoms with E-state index in [1.165, 1.54) is 35.5 Å². The number of aromatic amines is 1. The van der Waals surface area contributed by atoms with Gasteiger partial charge < -0.3 is 10.2 Å². The number of phenols is 2. The van der Waals surface area contributed by atoms with Crippen LogP contribution in [0.15, 0.2) is 42.7 Å². The van der Waals surface area contributed by atoms with Gasteiger partial charge in [-0.25, -0.2) is 28.0 Å². The Morgan fingerprint density at radius 2 is 1.33 bits per heavy atom. The van der Waals surface area contributed by atoms with E-state index in [4.69, 9.17) is 0 Å². The highest BCUT2D eigenvalue weighted by Crippen LogP contribution is 2.33. The van der Waals surface area contributed by atoms with Crippen LogP contribution in [0.2, 0.25) is 0 Å². The summed E-state index contributed by atoms with van der Waals surface area (Å²) in [7, 11) is -7.84. The van der Waals surface area contributed by atoms with Crippen LogP contribution in [0.4, 0.5) is 11.4 Å². The summed E-state index contributed by atoms with van der Waals surface area (Å²) in [6, 6.07) is 9.47. The molecule has 4 aromatic rings. The molecular formula is C27H30N8O8S3. The van der Waals surface area contributed by atoms with Gasteiger partial charge in [0.05, 0.1) is 22.1 Å². The third-order valence-corrected chi connectivity index (χ3v) is 10.9. The molecule has 4 heterocycles. The molecule has 0 aliphatic carbocycles. The molecule has 2 amide bonds. The summed E-state index contributed by atoms with van der Waals surface area (Å²) >= 11 is 1.65. The van der Waals surface area contributed by atoms with Crippen molar-refractivity contribution >= 4 is 54.9 Å². The van der Waals surface area contributed by atoms with Crippen LogP contribution in [0.1, 0.15) is 32.5 Å². The topological polar surface area (TPSA) is 228 Å². The number of aryl methyl sites for hydroxylation is 6. The van der Waals surface area contributed by atoms with Crippen molar-refractivity contribution in [2.75, 3.05) is 21.7 Å². The largest absolute Gasteiger partial charge is 0.506 e. The Morgan fingerprint density at radius 3 is 1.72 bits per heavy atom. The number of benzene rings is 2. The fourth-order valence-electron chi connectivity index (χ4n) is 4.87. The molecular weight excluding hydrogens is 661 g/mol. The number of hydrogen-bond donors (Lipinski definition) is 5. The lowest BCUT2D eigenvalue weighted by molar-refractivity contribution is -0.118. The Balaban J connectivity index is 0.000000182. The molecule has 0 spiro atoms. The number of H-pyrrole nitrogens is 1. The standard InChI is InChI=1S/C15H17N3O4S2.C12H13N5O4S/c1-9-14(23-10(2)16-9)6-4-11-3-5-12(13(19)7-11)18-8-15(20)17-24(18,21)22;18-10-5-8(2-4-11-13-7-14-15-11)1-3-9(10)17-6-12(19)16-22(17,20)21/h3,5,7,19H,4,6,8H2,1-2H3,(H,17,20);1,3,5,7,18H,2,4,6H2,(H,16,19)(H,13,14,15). The molecule has 2 saturated heterocycles. The normalized spacial score (nSPS) is 16.6. The van der Waals surface area contributed by atoms with Crippen LogP contribution >= 0.6 is 11.3 Å². The fourth-order valence-corrected chi connectivity index (χ4v) is 8.13. The van der Waals surface area contributed by atoms with Gasteiger partial charge >= 0.3 is 20.4 Å². The van der Waals surface area contributed by atoms with Crippen LogP contribution in [-0.2, 0) is 55.7 Å². The average molecular weight is 691 g/mol. The molecule has 2 aromatic carbocycles. The predicted molar refractivity (Wildman–Crippen MR) is 168 cm³/mol. The van der Waals surface area contributed by atoms with E-state index >= 15 is 0 Å². The molecule has 0 radical (unpaired) electrons. The van der Waals surface area contributed by atoms with E-state index in [0.29, 0.717) is 19.3 Å². The van der Waals surface area contributed by atoms with Crippen molar-refractivity contribution < 1.29 is 36.6 Å². The summed E-state index contributed by atoms with van der Waals surface area (Å²) in [5.74, 6) is -0.885. The molecule has 2 aliphatic rings. The molecule has 0 saturated carbocycles. The first kappa shape index (κ1) is 32.6. The quantitative estimate of drug-likeness (QED) is 0.175. The summed E-state index contributed by atoms with van der Waals surface area (Å²) in [6.07, 6.45) is 4.14. The number of carbonyl (C=O) groups is 2. The second-order valence-corrected chi connectivity index (χ2v) is 14.9. The van der Waals surface area contributed by atoms with Crippen molar-refractivity contribution in [3.8, 4) is 11.5 Å². The lowest BCUT2D eigenvalue weighted by Gasteiger charge is -2.16. The van der Waals surface area contributed by atoms with Gasteiger partial charge in [-0.1, -0.05) is 12.1 Å². The number of amides is 2. The number of thiazole rings is 1. The highest BCUT2D eigenvalue weighted by Gasteiger charge is 2.36. The Bertz CT molecular complexity index is 2000. The van der Waals surface area contributed by atoms with Crippen molar-refractivity contribution in [2.45, 2.75) is 39.5 Å². The zero-order valence-electron chi connectivity index (χ0n) is 24.6. The van der Waals surface area contributed by atoms with Gasteiger partial charge in [0, 0.05) is 11.3 Å². The van der Waals surface area contributed by atoms with E-state index in [1.807, 2.05) is 23.3 Å². The van der Waals surface area contributed by atoms with Gasteiger partial charge in [0.15, 0.2) is 0 Å². The van der Waals surface area contributed by atoms with E-state index in [0.717, 1.165) is 42.7 Å². The molecule has 46 heavy (non-hydrogen) atoms. The smallest absolute Gasteiger partial charge is 0.326 e. The monoisotopic (exact) mass is 690 g/mol. The van der Waals surface area contributed by atoms with Gasteiger partial charge in [0.25, 0.3) is 11.8 Å². The van der Waals surface area contributed by atoms with Gasteiger partial charge in [-0.05, 0) is 68.5 Å². The van der Waals surface area contributed by atoms with Crippen molar-refractivity contribution in [1.29, 1.82) is 0 Å². The van der Waals surface area contributed by atoms with Crippen molar-refractivity contribution in [2.24, 2.45) is 0 Å². The number of nitrogens with zero attached hydrogens (tertiary/aromatic N) is 5. The highest BCUT2D eigenvalue weighted by molar-refractivity contribution is 7.92. The molecule has 0 bridgehead atoms. The number of phenolic OH excluding ortho intramolecular Hbond substituents is 2. The van der Waals surface area contributed by atoms with Crippen LogP contribution in [-0.4, -0.2) is 72.1 Å². The third kappa shape index (κ3) is 7.37. The predicted octanol–water partition coefficient (Wildman–Crippen LogP) is 0.908. The maximum absolute atomic E-state index is 11.8. The number of hydrogen-bond acceptors (Lipinski definition) is 12. The second kappa shape index (κ2) is 12.9. The summed E-state index contributed by atoms with van der Waals surface area (Å²) in [6.45, 7) is 3.27. The van der Waals surface area contributed by atoms with Crippen molar-refractivity contribution in [1.82, 2.24) is 29.6 Å². The molecule has 2 aliphatic heterocycles. The SMILES string of the molecule is Cc1nc(C)c(CCc2ccc(N3CC(=O)NS3(=O)=O)c(O)c2)s1.O=C1CN(c2ccc(CCc3ncn[nH]3)cc2O)S(=O)(=O)N1. The number of aromatic nitrogens is 4. The number of aromatic hydroxyl groups is 2. The van der Waals surface area contributed by atoms with Crippen molar-refractivity contribution in [3.63, 3.8) is 0 Å². The lowest BCUT2D eigenvalue weighted by atomic mass is 10.1. The van der Waals surface area contributed by atoms with Crippen LogP contribution in [0, 0.1) is 13.8 Å². The highest BCUT2D eigenvalue weighted by atomic mass is 32.2. The first-order valence-electron chi connectivity index (χ1n) is 13.8. The first-order chi connectivity index (χ1) is 21.7. The first-order valence-corrected chi connectivity index (χ1v) is 17.5. The lowest BCUT2D eigenvalue weighted by Crippen LogP contribution is -2.29. The van der Waals surface area contributed by atoms with E-state index < -0.39 is 32.2 Å². The zero-order chi connectivity index (χ0) is 33.2. The van der Waals surface area contributed by atoms with Gasteiger partial charge in [-0.15, -0.1) is 11.3 Å². The molecule has 19 heteroatoms. The minimum absolute atomic E-state index is 0.0711.